The first-order valence-electron chi connectivity index (χ1n) is 19.1. The Morgan fingerprint density at radius 3 is 1.98 bits per heavy atom. The van der Waals surface area contributed by atoms with E-state index in [9.17, 15) is 5.11 Å². The third-order valence-corrected chi connectivity index (χ3v) is 23.7. The van der Waals surface area contributed by atoms with Crippen LogP contribution in [-0.4, -0.2) is 51.8 Å². The minimum absolute atomic E-state index is 0.0201. The summed E-state index contributed by atoms with van der Waals surface area (Å²) in [5.41, 5.74) is 3.74. The predicted octanol–water partition coefficient (Wildman–Crippen LogP) is 11.5. The molecule has 0 radical (unpaired) electrons. The first-order valence-corrected chi connectivity index (χ1v) is 24.9. The molecule has 0 aliphatic heterocycles. The number of rotatable bonds is 11. The fourth-order valence-corrected chi connectivity index (χ4v) is 11.9. The van der Waals surface area contributed by atoms with Crippen molar-refractivity contribution in [3.05, 3.63) is 34.9 Å². The van der Waals surface area contributed by atoms with Gasteiger partial charge in [0, 0.05) is 5.41 Å². The van der Waals surface area contributed by atoms with Crippen molar-refractivity contribution in [2.45, 2.75) is 194 Å². The summed E-state index contributed by atoms with van der Waals surface area (Å²) in [4.78, 5) is 0. The number of hydrogen-bond acceptors (Lipinski definition) is 4. The summed E-state index contributed by atoms with van der Waals surface area (Å²) in [6, 6.07) is 0. The molecule has 0 spiro atoms. The molecule has 0 aromatic rings. The molecular weight excluding hydrogens is 613 g/mol. The molecule has 0 amide bonds. The molecule has 2 fully saturated rings. The van der Waals surface area contributed by atoms with E-state index in [1.54, 1.807) is 11.1 Å². The Morgan fingerprint density at radius 2 is 1.43 bits per heavy atom. The van der Waals surface area contributed by atoms with Gasteiger partial charge in [-0.2, -0.15) is 0 Å². The molecule has 47 heavy (non-hydrogen) atoms. The molecule has 4 aliphatic rings. The van der Waals surface area contributed by atoms with Crippen molar-refractivity contribution >= 4 is 16.6 Å². The third-order valence-electron chi connectivity index (χ3n) is 14.7. The Labute approximate surface area is 292 Å². The maximum absolute atomic E-state index is 10.9. The summed E-state index contributed by atoms with van der Waals surface area (Å²) in [7, 11) is -3.97. The molecule has 2 unspecified atom stereocenters. The standard InChI is InChI=1S/C41H74O4Si2/c1-17-41(42,18-2)25-26-43-38(9,10)34-22-21-32-31-20-19-29-27-30(44-46(13,14)36(3,4)5)28-35(45-47(15,16)37(6,7)8)40(29,12)33(31)23-24-39(32,34)11/h19-20,22,30,32-33,35,42H,17-18,21,23-28H2,1-16H3/t30?,32-,33-,35?,39-,40-/m0/s1. The van der Waals surface area contributed by atoms with E-state index in [-0.39, 0.29) is 38.7 Å². The molecule has 0 aromatic heterocycles. The van der Waals surface area contributed by atoms with Crippen LogP contribution in [0.1, 0.15) is 134 Å². The van der Waals surface area contributed by atoms with Crippen LogP contribution in [0.5, 0.6) is 0 Å². The van der Waals surface area contributed by atoms with Crippen molar-refractivity contribution in [2.24, 2.45) is 22.7 Å². The molecule has 0 bridgehead atoms. The van der Waals surface area contributed by atoms with Gasteiger partial charge in [0.05, 0.1) is 30.0 Å². The van der Waals surface area contributed by atoms with E-state index < -0.39 is 22.2 Å². The van der Waals surface area contributed by atoms with Crippen LogP contribution < -0.4 is 0 Å². The molecule has 6 heteroatoms. The number of ether oxygens (including phenoxy) is 1. The van der Waals surface area contributed by atoms with Crippen molar-refractivity contribution < 1.29 is 18.7 Å². The zero-order valence-electron chi connectivity index (χ0n) is 33.6. The van der Waals surface area contributed by atoms with Crippen LogP contribution in [-0.2, 0) is 13.6 Å². The van der Waals surface area contributed by atoms with Gasteiger partial charge in [-0.25, -0.2) is 0 Å². The van der Waals surface area contributed by atoms with Gasteiger partial charge >= 0.3 is 0 Å². The van der Waals surface area contributed by atoms with Crippen molar-refractivity contribution in [2.75, 3.05) is 6.61 Å². The molecular formula is C41H74O4Si2. The zero-order valence-corrected chi connectivity index (χ0v) is 35.6. The first kappa shape index (κ1) is 39.3. The van der Waals surface area contributed by atoms with E-state index in [2.05, 4.69) is 128 Å². The van der Waals surface area contributed by atoms with Gasteiger partial charge in [0.15, 0.2) is 16.6 Å². The molecule has 1 N–H and O–H groups in total. The molecule has 4 rings (SSSR count). The molecule has 270 valence electrons. The van der Waals surface area contributed by atoms with E-state index in [0.29, 0.717) is 24.9 Å². The van der Waals surface area contributed by atoms with Gasteiger partial charge in [-0.1, -0.05) is 98.6 Å². The van der Waals surface area contributed by atoms with E-state index in [4.69, 9.17) is 13.6 Å². The van der Waals surface area contributed by atoms with Crippen molar-refractivity contribution in [1.82, 2.24) is 0 Å². The van der Waals surface area contributed by atoms with Crippen molar-refractivity contribution in [3.8, 4) is 0 Å². The number of fused-ring (bicyclic) bond motifs is 5. The van der Waals surface area contributed by atoms with Gasteiger partial charge in [0.25, 0.3) is 0 Å². The number of allylic oxidation sites excluding steroid dienone is 4. The van der Waals surface area contributed by atoms with Gasteiger partial charge in [-0.15, -0.1) is 0 Å². The SMILES string of the molecule is CCC(O)(CC)CCOC(C)(C)C1=CC[C@H]2C3=CC=C4CC(O[Si](C)(C)C(C)(C)C)CC(O[Si](C)(C)C(C)(C)C)[C@]4(C)[C@H]3CC[C@]12C. The highest BCUT2D eigenvalue weighted by Gasteiger charge is 2.60. The smallest absolute Gasteiger partial charge is 0.192 e. The minimum atomic E-state index is -2.04. The predicted molar refractivity (Wildman–Crippen MR) is 205 cm³/mol. The first-order chi connectivity index (χ1) is 21.3. The second-order valence-electron chi connectivity index (χ2n) is 19.9. The second kappa shape index (κ2) is 12.9. The van der Waals surface area contributed by atoms with E-state index in [0.717, 1.165) is 32.1 Å². The molecule has 0 heterocycles. The van der Waals surface area contributed by atoms with Crippen LogP contribution in [0.25, 0.3) is 0 Å². The zero-order chi connectivity index (χ0) is 35.6. The van der Waals surface area contributed by atoms with Gasteiger partial charge < -0.3 is 18.7 Å². The largest absolute Gasteiger partial charge is 0.414 e. The lowest BCUT2D eigenvalue weighted by atomic mass is 9.49. The lowest BCUT2D eigenvalue weighted by Crippen LogP contribution is -2.58. The normalized spacial score (nSPS) is 32.2. The highest BCUT2D eigenvalue weighted by molar-refractivity contribution is 6.74. The lowest BCUT2D eigenvalue weighted by Gasteiger charge is -2.59. The summed E-state index contributed by atoms with van der Waals surface area (Å²) in [5.74, 6) is 0.983. The molecule has 2 saturated carbocycles. The van der Waals surface area contributed by atoms with Crippen LogP contribution in [0.3, 0.4) is 0 Å². The Hall–Kier alpha value is -0.506. The topological polar surface area (TPSA) is 47.9 Å². The van der Waals surface area contributed by atoms with E-state index >= 15 is 0 Å². The summed E-state index contributed by atoms with van der Waals surface area (Å²) >= 11 is 0. The van der Waals surface area contributed by atoms with Crippen LogP contribution in [0.15, 0.2) is 34.9 Å². The highest BCUT2D eigenvalue weighted by atomic mass is 28.4. The van der Waals surface area contributed by atoms with Crippen LogP contribution >= 0.6 is 0 Å². The maximum Gasteiger partial charge on any atom is 0.192 e. The maximum atomic E-state index is 10.9. The van der Waals surface area contributed by atoms with E-state index in [1.807, 2.05) is 0 Å². The van der Waals surface area contributed by atoms with Crippen molar-refractivity contribution in [1.29, 1.82) is 0 Å². The molecule has 0 saturated heterocycles. The van der Waals surface area contributed by atoms with Crippen LogP contribution in [0, 0.1) is 22.7 Å². The third kappa shape index (κ3) is 7.18. The van der Waals surface area contributed by atoms with Gasteiger partial charge in [0.1, 0.15) is 0 Å². The molecule has 4 aliphatic carbocycles. The second-order valence-corrected chi connectivity index (χ2v) is 29.4. The van der Waals surface area contributed by atoms with Gasteiger partial charge in [0.2, 0.25) is 0 Å². The van der Waals surface area contributed by atoms with Gasteiger partial charge in [-0.3, -0.25) is 0 Å². The molecule has 4 nitrogen and oxygen atoms in total. The highest BCUT2D eigenvalue weighted by Crippen LogP contribution is 2.66. The Kier molecular flexibility index (Phi) is 10.8. The average Bonchev–Trinajstić information content (AvgIpc) is 3.30. The van der Waals surface area contributed by atoms with E-state index in [1.165, 1.54) is 18.4 Å². The van der Waals surface area contributed by atoms with Crippen molar-refractivity contribution in [3.63, 3.8) is 0 Å². The summed E-state index contributed by atoms with van der Waals surface area (Å²) in [6.07, 6.45) is 15.6. The summed E-state index contributed by atoms with van der Waals surface area (Å²) in [5, 5.41) is 11.2. The quantitative estimate of drug-likeness (QED) is 0.174. The molecule has 0 aromatic carbocycles. The summed E-state index contributed by atoms with van der Waals surface area (Å²) in [6.45, 7) is 38.2. The average molecular weight is 687 g/mol. The van der Waals surface area contributed by atoms with Gasteiger partial charge in [-0.05, 0) is 124 Å². The number of aliphatic hydroxyl groups is 1. The Bertz CT molecular complexity index is 1240. The fourth-order valence-electron chi connectivity index (χ4n) is 9.09. The van der Waals surface area contributed by atoms with Crippen LogP contribution in [0.2, 0.25) is 36.3 Å². The Morgan fingerprint density at radius 1 is 0.851 bits per heavy atom. The number of hydrogen-bond donors (Lipinski definition) is 1. The minimum Gasteiger partial charge on any atom is -0.414 e. The van der Waals surface area contributed by atoms with Crippen LogP contribution in [0.4, 0.5) is 0 Å². The fraction of sp³-hybridized carbons (Fsp3) is 0.854. The monoisotopic (exact) mass is 687 g/mol. The Balaban J connectivity index is 1.65. The molecule has 6 atom stereocenters. The lowest BCUT2D eigenvalue weighted by molar-refractivity contribution is -0.0579. The summed E-state index contributed by atoms with van der Waals surface area (Å²) < 4.78 is 21.4.